The minimum atomic E-state index is 0.145. The van der Waals surface area contributed by atoms with Crippen molar-refractivity contribution in [3.05, 3.63) is 29.8 Å². The molecule has 0 aliphatic carbocycles. The van der Waals surface area contributed by atoms with E-state index in [0.29, 0.717) is 0 Å². The van der Waals surface area contributed by atoms with Crippen LogP contribution in [0.5, 0.6) is 0 Å². The van der Waals surface area contributed by atoms with Crippen molar-refractivity contribution >= 4 is 11.5 Å². The highest BCUT2D eigenvalue weighted by atomic mass is 16.4. The summed E-state index contributed by atoms with van der Waals surface area (Å²) in [6, 6.07) is 7.77. The summed E-state index contributed by atoms with van der Waals surface area (Å²) in [5, 5.41) is 11.6. The van der Waals surface area contributed by atoms with Gasteiger partial charge in [-0.3, -0.25) is 0 Å². The van der Waals surface area contributed by atoms with E-state index in [4.69, 9.17) is 10.9 Å². The molecular formula is C14H22N4O. The van der Waals surface area contributed by atoms with E-state index in [1.54, 1.807) is 0 Å². The lowest BCUT2D eigenvalue weighted by Crippen LogP contribution is -2.27. The van der Waals surface area contributed by atoms with Gasteiger partial charge in [0.05, 0.1) is 0 Å². The number of nitrogens with two attached hydrogens (primary N) is 1. The van der Waals surface area contributed by atoms with E-state index < -0.39 is 0 Å². The second-order valence-corrected chi connectivity index (χ2v) is 5.33. The fourth-order valence-electron chi connectivity index (χ4n) is 2.61. The Morgan fingerprint density at radius 3 is 2.68 bits per heavy atom. The third-order valence-electron chi connectivity index (χ3n) is 3.73. The third kappa shape index (κ3) is 3.38. The summed E-state index contributed by atoms with van der Waals surface area (Å²) in [4.78, 5) is 4.64. The minimum Gasteiger partial charge on any atom is -0.409 e. The van der Waals surface area contributed by atoms with Gasteiger partial charge in [0.1, 0.15) is 0 Å². The van der Waals surface area contributed by atoms with Crippen molar-refractivity contribution < 1.29 is 5.21 Å². The van der Waals surface area contributed by atoms with Crippen LogP contribution in [0, 0.1) is 5.92 Å². The molecule has 0 bridgehead atoms. The number of benzene rings is 1. The van der Waals surface area contributed by atoms with Crippen LogP contribution in [-0.2, 0) is 0 Å². The van der Waals surface area contributed by atoms with Crippen LogP contribution in [0.15, 0.2) is 29.4 Å². The van der Waals surface area contributed by atoms with Crippen LogP contribution < -0.4 is 10.6 Å². The van der Waals surface area contributed by atoms with Gasteiger partial charge < -0.3 is 20.7 Å². The Kier molecular flexibility index (Phi) is 4.27. The normalized spacial score (nSPS) is 20.7. The van der Waals surface area contributed by atoms with Crippen LogP contribution in [0.25, 0.3) is 0 Å². The SMILES string of the molecule is CN1CCC(CN(C)c2ccc(C(N)=NO)cc2)C1. The van der Waals surface area contributed by atoms with Gasteiger partial charge in [0.15, 0.2) is 5.84 Å². The summed E-state index contributed by atoms with van der Waals surface area (Å²) in [6.07, 6.45) is 1.27. The van der Waals surface area contributed by atoms with Gasteiger partial charge >= 0.3 is 0 Å². The largest absolute Gasteiger partial charge is 0.409 e. The first-order valence-corrected chi connectivity index (χ1v) is 6.58. The maximum Gasteiger partial charge on any atom is 0.170 e. The maximum absolute atomic E-state index is 8.63. The average molecular weight is 262 g/mol. The predicted molar refractivity (Wildman–Crippen MR) is 77.8 cm³/mol. The molecule has 0 spiro atoms. The second kappa shape index (κ2) is 5.93. The standard InChI is InChI=1S/C14H22N4O/c1-17-8-7-11(9-17)10-18(2)13-5-3-12(4-6-13)14(15)16-19/h3-6,11,19H,7-10H2,1-2H3,(H2,15,16). The van der Waals surface area contributed by atoms with Crippen LogP contribution in [-0.4, -0.2) is 49.7 Å². The summed E-state index contributed by atoms with van der Waals surface area (Å²) < 4.78 is 0. The van der Waals surface area contributed by atoms with Crippen molar-refractivity contribution in [1.29, 1.82) is 0 Å². The molecule has 1 saturated heterocycles. The molecule has 3 N–H and O–H groups in total. The lowest BCUT2D eigenvalue weighted by Gasteiger charge is -2.23. The smallest absolute Gasteiger partial charge is 0.170 e. The number of hydrogen-bond acceptors (Lipinski definition) is 4. The number of hydrogen-bond donors (Lipinski definition) is 2. The fourth-order valence-corrected chi connectivity index (χ4v) is 2.61. The van der Waals surface area contributed by atoms with Crippen LogP contribution in [0.2, 0.25) is 0 Å². The molecule has 5 heteroatoms. The quantitative estimate of drug-likeness (QED) is 0.370. The van der Waals surface area contributed by atoms with E-state index in [0.717, 1.165) is 23.7 Å². The van der Waals surface area contributed by atoms with Crippen molar-refractivity contribution in [2.75, 3.05) is 38.6 Å². The summed E-state index contributed by atoms with van der Waals surface area (Å²) >= 11 is 0. The number of rotatable bonds is 4. The first-order chi connectivity index (χ1) is 9.10. The highest BCUT2D eigenvalue weighted by Crippen LogP contribution is 2.20. The van der Waals surface area contributed by atoms with Crippen LogP contribution >= 0.6 is 0 Å². The highest BCUT2D eigenvalue weighted by molar-refractivity contribution is 5.97. The zero-order valence-corrected chi connectivity index (χ0v) is 11.6. The molecule has 1 aliphatic heterocycles. The van der Waals surface area contributed by atoms with Crippen molar-refractivity contribution in [3.8, 4) is 0 Å². The zero-order valence-electron chi connectivity index (χ0n) is 11.6. The molecule has 1 aromatic rings. The molecule has 1 fully saturated rings. The summed E-state index contributed by atoms with van der Waals surface area (Å²) in [6.45, 7) is 3.43. The van der Waals surface area contributed by atoms with E-state index in [1.807, 2.05) is 24.3 Å². The molecule has 5 nitrogen and oxygen atoms in total. The van der Waals surface area contributed by atoms with E-state index in [2.05, 4.69) is 29.1 Å². The molecule has 0 aromatic heterocycles. The molecular weight excluding hydrogens is 240 g/mol. The molecule has 0 amide bonds. The second-order valence-electron chi connectivity index (χ2n) is 5.33. The maximum atomic E-state index is 8.63. The van der Waals surface area contributed by atoms with Gasteiger partial charge in [0, 0.05) is 31.4 Å². The third-order valence-corrected chi connectivity index (χ3v) is 3.73. The lowest BCUT2D eigenvalue weighted by molar-refractivity contribution is 0.318. The molecule has 2 rings (SSSR count). The molecule has 1 aromatic carbocycles. The minimum absolute atomic E-state index is 0.145. The number of likely N-dealkylation sites (tertiary alicyclic amines) is 1. The topological polar surface area (TPSA) is 65.1 Å². The number of anilines is 1. The van der Waals surface area contributed by atoms with Gasteiger partial charge in [-0.15, -0.1) is 0 Å². The van der Waals surface area contributed by atoms with Crippen LogP contribution in [0.1, 0.15) is 12.0 Å². The molecule has 1 aliphatic rings. The zero-order chi connectivity index (χ0) is 13.8. The van der Waals surface area contributed by atoms with Crippen molar-refractivity contribution in [2.45, 2.75) is 6.42 Å². The van der Waals surface area contributed by atoms with E-state index in [9.17, 15) is 0 Å². The monoisotopic (exact) mass is 262 g/mol. The van der Waals surface area contributed by atoms with Gasteiger partial charge in [0.2, 0.25) is 0 Å². The fraction of sp³-hybridized carbons (Fsp3) is 0.500. The number of amidine groups is 1. The first-order valence-electron chi connectivity index (χ1n) is 6.58. The molecule has 0 radical (unpaired) electrons. The van der Waals surface area contributed by atoms with Gasteiger partial charge in [-0.25, -0.2) is 0 Å². The van der Waals surface area contributed by atoms with Gasteiger partial charge in [-0.2, -0.15) is 0 Å². The lowest BCUT2D eigenvalue weighted by atomic mass is 10.1. The number of nitrogens with zero attached hydrogens (tertiary/aromatic N) is 3. The Bertz CT molecular complexity index is 443. The first kappa shape index (κ1) is 13.7. The molecule has 0 saturated carbocycles. The van der Waals surface area contributed by atoms with Crippen molar-refractivity contribution in [3.63, 3.8) is 0 Å². The Labute approximate surface area is 114 Å². The summed E-state index contributed by atoms with van der Waals surface area (Å²) in [5.74, 6) is 0.880. The van der Waals surface area contributed by atoms with Crippen LogP contribution in [0.3, 0.4) is 0 Å². The molecule has 104 valence electrons. The van der Waals surface area contributed by atoms with E-state index >= 15 is 0 Å². The van der Waals surface area contributed by atoms with Gasteiger partial charge in [-0.05, 0) is 50.2 Å². The van der Waals surface area contributed by atoms with E-state index in [-0.39, 0.29) is 5.84 Å². The molecule has 19 heavy (non-hydrogen) atoms. The predicted octanol–water partition coefficient (Wildman–Crippen LogP) is 1.17. The average Bonchev–Trinajstić information content (AvgIpc) is 2.83. The van der Waals surface area contributed by atoms with Crippen LogP contribution in [0.4, 0.5) is 5.69 Å². The molecule has 1 unspecified atom stereocenters. The summed E-state index contributed by atoms with van der Waals surface area (Å²) in [7, 11) is 4.28. The Balaban J connectivity index is 1.97. The molecule has 1 heterocycles. The van der Waals surface area contributed by atoms with Crippen molar-refractivity contribution in [1.82, 2.24) is 4.90 Å². The Morgan fingerprint density at radius 2 is 2.16 bits per heavy atom. The molecule has 1 atom stereocenters. The van der Waals surface area contributed by atoms with Gasteiger partial charge in [0.25, 0.3) is 0 Å². The summed E-state index contributed by atoms with van der Waals surface area (Å²) in [5.41, 5.74) is 7.44. The Hall–Kier alpha value is -1.75. The van der Waals surface area contributed by atoms with E-state index in [1.165, 1.54) is 19.5 Å². The Morgan fingerprint density at radius 1 is 1.47 bits per heavy atom. The highest BCUT2D eigenvalue weighted by Gasteiger charge is 2.20. The van der Waals surface area contributed by atoms with Gasteiger partial charge in [-0.1, -0.05) is 5.16 Å². The number of oxime groups is 1. The van der Waals surface area contributed by atoms with Crippen molar-refractivity contribution in [2.24, 2.45) is 16.8 Å².